The Hall–Kier alpha value is -1.80. The largest absolute Gasteiger partial charge is 0.489 e. The van der Waals surface area contributed by atoms with E-state index in [1.807, 2.05) is 6.07 Å². The predicted octanol–water partition coefficient (Wildman–Crippen LogP) is 4.28. The van der Waals surface area contributed by atoms with Crippen molar-refractivity contribution in [3.63, 3.8) is 0 Å². The van der Waals surface area contributed by atoms with E-state index in [2.05, 4.69) is 56.3 Å². The second-order valence-corrected chi connectivity index (χ2v) is 5.44. The fraction of sp³-hybridized carbons (Fsp3) is 0.368. The SMILES string of the molecule is CCC(C)c1ccccc1OCc1ccccc1CCN. The van der Waals surface area contributed by atoms with Crippen LogP contribution in [0.5, 0.6) is 5.75 Å². The predicted molar refractivity (Wildman–Crippen MR) is 88.7 cm³/mol. The molecule has 0 spiro atoms. The molecule has 0 heterocycles. The molecule has 112 valence electrons. The van der Waals surface area contributed by atoms with Gasteiger partial charge in [0.05, 0.1) is 0 Å². The fourth-order valence-corrected chi connectivity index (χ4v) is 2.49. The monoisotopic (exact) mass is 283 g/mol. The van der Waals surface area contributed by atoms with E-state index in [0.29, 0.717) is 19.1 Å². The molecular weight excluding hydrogens is 258 g/mol. The minimum absolute atomic E-state index is 0.514. The van der Waals surface area contributed by atoms with Crippen molar-refractivity contribution in [2.45, 2.75) is 39.2 Å². The highest BCUT2D eigenvalue weighted by Gasteiger charge is 2.10. The zero-order valence-electron chi connectivity index (χ0n) is 13.0. The Morgan fingerprint density at radius 3 is 2.38 bits per heavy atom. The van der Waals surface area contributed by atoms with Crippen molar-refractivity contribution >= 4 is 0 Å². The molecule has 2 nitrogen and oxygen atoms in total. The Balaban J connectivity index is 2.13. The van der Waals surface area contributed by atoms with Crippen molar-refractivity contribution in [1.82, 2.24) is 0 Å². The molecule has 0 bridgehead atoms. The van der Waals surface area contributed by atoms with E-state index < -0.39 is 0 Å². The minimum atomic E-state index is 0.514. The summed E-state index contributed by atoms with van der Waals surface area (Å²) in [4.78, 5) is 0. The van der Waals surface area contributed by atoms with E-state index in [1.54, 1.807) is 0 Å². The van der Waals surface area contributed by atoms with Crippen molar-refractivity contribution in [3.05, 3.63) is 65.2 Å². The second-order valence-electron chi connectivity index (χ2n) is 5.44. The molecule has 2 aromatic rings. The quantitative estimate of drug-likeness (QED) is 0.823. The molecule has 0 aliphatic rings. The number of hydrogen-bond donors (Lipinski definition) is 1. The molecule has 0 aromatic heterocycles. The normalized spacial score (nSPS) is 12.1. The summed E-state index contributed by atoms with van der Waals surface area (Å²) in [6, 6.07) is 16.7. The lowest BCUT2D eigenvalue weighted by atomic mass is 9.98. The topological polar surface area (TPSA) is 35.2 Å². The van der Waals surface area contributed by atoms with Crippen molar-refractivity contribution < 1.29 is 4.74 Å². The minimum Gasteiger partial charge on any atom is -0.489 e. The van der Waals surface area contributed by atoms with Gasteiger partial charge in [-0.1, -0.05) is 56.3 Å². The summed E-state index contributed by atoms with van der Waals surface area (Å²) in [6.45, 7) is 5.71. The van der Waals surface area contributed by atoms with E-state index in [9.17, 15) is 0 Å². The molecule has 0 aliphatic carbocycles. The highest BCUT2D eigenvalue weighted by Crippen LogP contribution is 2.29. The maximum absolute atomic E-state index is 6.09. The van der Waals surface area contributed by atoms with Crippen LogP contribution in [0.4, 0.5) is 0 Å². The Morgan fingerprint density at radius 1 is 1.00 bits per heavy atom. The van der Waals surface area contributed by atoms with Gasteiger partial charge in [-0.05, 0) is 48.1 Å². The third kappa shape index (κ3) is 4.08. The molecule has 0 fully saturated rings. The maximum Gasteiger partial charge on any atom is 0.123 e. The molecule has 1 unspecified atom stereocenters. The van der Waals surface area contributed by atoms with Crippen LogP contribution in [0.3, 0.4) is 0 Å². The molecule has 0 aliphatic heterocycles. The number of hydrogen-bond acceptors (Lipinski definition) is 2. The van der Waals surface area contributed by atoms with Gasteiger partial charge in [-0.25, -0.2) is 0 Å². The summed E-state index contributed by atoms with van der Waals surface area (Å²) in [5.41, 5.74) is 9.47. The lowest BCUT2D eigenvalue weighted by molar-refractivity contribution is 0.300. The first kappa shape index (κ1) is 15.6. The van der Waals surface area contributed by atoms with Crippen LogP contribution in [0.1, 0.15) is 42.9 Å². The average Bonchev–Trinajstić information content (AvgIpc) is 2.54. The standard InChI is InChI=1S/C19H25NO/c1-3-15(2)18-10-6-7-11-19(18)21-14-17-9-5-4-8-16(17)12-13-20/h4-11,15H,3,12-14,20H2,1-2H3. The third-order valence-electron chi connectivity index (χ3n) is 3.98. The van der Waals surface area contributed by atoms with Gasteiger partial charge in [0.1, 0.15) is 12.4 Å². The highest BCUT2D eigenvalue weighted by atomic mass is 16.5. The summed E-state index contributed by atoms with van der Waals surface area (Å²) in [5, 5.41) is 0. The van der Waals surface area contributed by atoms with Crippen LogP contribution >= 0.6 is 0 Å². The zero-order valence-corrected chi connectivity index (χ0v) is 13.0. The molecule has 21 heavy (non-hydrogen) atoms. The van der Waals surface area contributed by atoms with Crippen molar-refractivity contribution in [1.29, 1.82) is 0 Å². The van der Waals surface area contributed by atoms with Crippen molar-refractivity contribution in [2.24, 2.45) is 5.73 Å². The highest BCUT2D eigenvalue weighted by molar-refractivity contribution is 5.36. The third-order valence-corrected chi connectivity index (χ3v) is 3.98. The fourth-order valence-electron chi connectivity index (χ4n) is 2.49. The molecule has 0 saturated heterocycles. The van der Waals surface area contributed by atoms with E-state index in [4.69, 9.17) is 10.5 Å². The van der Waals surface area contributed by atoms with Gasteiger partial charge in [-0.3, -0.25) is 0 Å². The molecular formula is C19H25NO. The molecule has 0 radical (unpaired) electrons. The lowest BCUT2D eigenvalue weighted by Crippen LogP contribution is -2.07. The van der Waals surface area contributed by atoms with Crippen LogP contribution in [-0.4, -0.2) is 6.54 Å². The summed E-state index contributed by atoms with van der Waals surface area (Å²) in [5.74, 6) is 1.51. The number of para-hydroxylation sites is 1. The van der Waals surface area contributed by atoms with Crippen molar-refractivity contribution in [2.75, 3.05) is 6.54 Å². The lowest BCUT2D eigenvalue weighted by Gasteiger charge is -2.16. The molecule has 2 rings (SSSR count). The summed E-state index contributed by atoms with van der Waals surface area (Å²) in [7, 11) is 0. The molecule has 0 saturated carbocycles. The summed E-state index contributed by atoms with van der Waals surface area (Å²) >= 11 is 0. The second kappa shape index (κ2) is 7.84. The average molecular weight is 283 g/mol. The van der Waals surface area contributed by atoms with Gasteiger partial charge in [0.25, 0.3) is 0 Å². The number of rotatable bonds is 7. The van der Waals surface area contributed by atoms with E-state index in [0.717, 1.165) is 18.6 Å². The van der Waals surface area contributed by atoms with Gasteiger partial charge in [-0.15, -0.1) is 0 Å². The van der Waals surface area contributed by atoms with Crippen LogP contribution in [0.15, 0.2) is 48.5 Å². The Morgan fingerprint density at radius 2 is 1.67 bits per heavy atom. The Bertz CT molecular complexity index is 565. The molecule has 0 amide bonds. The molecule has 1 atom stereocenters. The first-order valence-electron chi connectivity index (χ1n) is 7.74. The number of benzene rings is 2. The first-order chi connectivity index (χ1) is 10.3. The Labute approximate surface area is 127 Å². The van der Waals surface area contributed by atoms with Gasteiger partial charge in [-0.2, -0.15) is 0 Å². The number of nitrogens with two attached hydrogens (primary N) is 1. The Kier molecular flexibility index (Phi) is 5.82. The maximum atomic E-state index is 6.09. The van der Waals surface area contributed by atoms with Gasteiger partial charge < -0.3 is 10.5 Å². The molecule has 2 heteroatoms. The van der Waals surface area contributed by atoms with Gasteiger partial charge in [0.2, 0.25) is 0 Å². The van der Waals surface area contributed by atoms with Crippen LogP contribution in [-0.2, 0) is 13.0 Å². The van der Waals surface area contributed by atoms with Crippen LogP contribution in [0, 0.1) is 0 Å². The molecule has 2 N–H and O–H groups in total. The first-order valence-corrected chi connectivity index (χ1v) is 7.74. The summed E-state index contributed by atoms with van der Waals surface area (Å²) in [6.07, 6.45) is 2.01. The molecule has 2 aromatic carbocycles. The van der Waals surface area contributed by atoms with Gasteiger partial charge in [0, 0.05) is 0 Å². The van der Waals surface area contributed by atoms with E-state index in [1.165, 1.54) is 16.7 Å². The zero-order chi connectivity index (χ0) is 15.1. The summed E-state index contributed by atoms with van der Waals surface area (Å²) < 4.78 is 6.09. The van der Waals surface area contributed by atoms with Gasteiger partial charge in [0.15, 0.2) is 0 Å². The van der Waals surface area contributed by atoms with E-state index >= 15 is 0 Å². The van der Waals surface area contributed by atoms with Crippen LogP contribution in [0.25, 0.3) is 0 Å². The van der Waals surface area contributed by atoms with Gasteiger partial charge >= 0.3 is 0 Å². The smallest absolute Gasteiger partial charge is 0.123 e. The van der Waals surface area contributed by atoms with Crippen LogP contribution < -0.4 is 10.5 Å². The van der Waals surface area contributed by atoms with Crippen molar-refractivity contribution in [3.8, 4) is 5.75 Å². The van der Waals surface area contributed by atoms with E-state index in [-0.39, 0.29) is 0 Å². The number of ether oxygens (including phenoxy) is 1. The van der Waals surface area contributed by atoms with Crippen LogP contribution in [0.2, 0.25) is 0 Å².